The van der Waals surface area contributed by atoms with Crippen LogP contribution >= 0.6 is 11.6 Å². The first kappa shape index (κ1) is 14.9. The van der Waals surface area contributed by atoms with E-state index in [4.69, 9.17) is 17.3 Å². The quantitative estimate of drug-likeness (QED) is 0.905. The van der Waals surface area contributed by atoms with Crippen LogP contribution in [-0.4, -0.2) is 6.04 Å². The van der Waals surface area contributed by atoms with Crippen LogP contribution in [0, 0.1) is 18.6 Å². The van der Waals surface area contributed by atoms with E-state index in [-0.39, 0.29) is 16.9 Å². The van der Waals surface area contributed by atoms with Gasteiger partial charge < -0.3 is 5.73 Å². The monoisotopic (exact) mass is 295 g/mol. The molecular weight excluding hydrogens is 280 g/mol. The number of nitrogens with two attached hydrogens (primary N) is 1. The Morgan fingerprint density at radius 1 is 1.10 bits per heavy atom. The molecule has 1 unspecified atom stereocenters. The zero-order valence-corrected chi connectivity index (χ0v) is 11.9. The molecule has 2 N–H and O–H groups in total. The van der Waals surface area contributed by atoms with Gasteiger partial charge in [0, 0.05) is 6.04 Å². The van der Waals surface area contributed by atoms with Crippen LogP contribution in [0.1, 0.15) is 16.7 Å². The average Bonchev–Trinajstić information content (AvgIpc) is 2.39. The van der Waals surface area contributed by atoms with E-state index < -0.39 is 5.82 Å². The van der Waals surface area contributed by atoms with Crippen molar-refractivity contribution in [1.29, 1.82) is 0 Å². The zero-order chi connectivity index (χ0) is 14.7. The van der Waals surface area contributed by atoms with E-state index in [1.807, 2.05) is 6.92 Å². The van der Waals surface area contributed by atoms with Gasteiger partial charge in [-0.1, -0.05) is 29.8 Å². The fourth-order valence-corrected chi connectivity index (χ4v) is 2.40. The predicted octanol–water partition coefficient (Wildman–Crippen LogP) is 4.04. The van der Waals surface area contributed by atoms with Crippen LogP contribution < -0.4 is 5.73 Å². The summed E-state index contributed by atoms with van der Waals surface area (Å²) in [4.78, 5) is 0. The van der Waals surface area contributed by atoms with Gasteiger partial charge in [0.05, 0.1) is 5.02 Å². The van der Waals surface area contributed by atoms with Gasteiger partial charge in [0.15, 0.2) is 0 Å². The molecule has 0 spiro atoms. The topological polar surface area (TPSA) is 26.0 Å². The second-order valence-electron chi connectivity index (χ2n) is 4.95. The lowest BCUT2D eigenvalue weighted by Gasteiger charge is -2.14. The van der Waals surface area contributed by atoms with Gasteiger partial charge in [-0.25, -0.2) is 8.78 Å². The first-order valence-electron chi connectivity index (χ1n) is 6.41. The summed E-state index contributed by atoms with van der Waals surface area (Å²) in [5.41, 5.74) is 8.36. The second kappa shape index (κ2) is 6.33. The Morgan fingerprint density at radius 2 is 1.80 bits per heavy atom. The Balaban J connectivity index is 2.11. The maximum absolute atomic E-state index is 13.8. The highest BCUT2D eigenvalue weighted by Gasteiger charge is 2.12. The SMILES string of the molecule is Cc1ccc(F)cc1CC(N)Cc1cccc(Cl)c1F. The molecule has 1 atom stereocenters. The van der Waals surface area contributed by atoms with Crippen LogP contribution in [0.25, 0.3) is 0 Å². The van der Waals surface area contributed by atoms with Crippen molar-refractivity contribution in [2.75, 3.05) is 0 Å². The number of halogens is 3. The molecule has 1 nitrogen and oxygen atoms in total. The van der Waals surface area contributed by atoms with E-state index in [1.165, 1.54) is 18.2 Å². The van der Waals surface area contributed by atoms with E-state index in [0.717, 1.165) is 11.1 Å². The first-order chi connectivity index (χ1) is 9.47. The summed E-state index contributed by atoms with van der Waals surface area (Å²) >= 11 is 5.74. The molecular formula is C16H16ClF2N. The van der Waals surface area contributed by atoms with Crippen molar-refractivity contribution in [2.24, 2.45) is 5.73 Å². The van der Waals surface area contributed by atoms with Crippen molar-refractivity contribution in [3.8, 4) is 0 Å². The molecule has 0 saturated carbocycles. The van der Waals surface area contributed by atoms with E-state index >= 15 is 0 Å². The molecule has 0 aliphatic rings. The molecule has 2 aromatic carbocycles. The zero-order valence-electron chi connectivity index (χ0n) is 11.2. The minimum atomic E-state index is -0.430. The van der Waals surface area contributed by atoms with E-state index in [2.05, 4.69) is 0 Å². The second-order valence-corrected chi connectivity index (χ2v) is 5.36. The Kier molecular flexibility index (Phi) is 4.73. The molecule has 0 saturated heterocycles. The van der Waals surface area contributed by atoms with Gasteiger partial charge in [-0.15, -0.1) is 0 Å². The summed E-state index contributed by atoms with van der Waals surface area (Å²) in [6.07, 6.45) is 0.859. The van der Waals surface area contributed by atoms with E-state index in [1.54, 1.807) is 18.2 Å². The molecule has 0 amide bonds. The van der Waals surface area contributed by atoms with Crippen molar-refractivity contribution in [1.82, 2.24) is 0 Å². The van der Waals surface area contributed by atoms with Gasteiger partial charge in [0.2, 0.25) is 0 Å². The molecule has 2 rings (SSSR count). The highest BCUT2D eigenvalue weighted by atomic mass is 35.5. The normalized spacial score (nSPS) is 12.4. The largest absolute Gasteiger partial charge is 0.327 e. The molecule has 0 radical (unpaired) electrons. The molecule has 0 aliphatic heterocycles. The molecule has 0 bridgehead atoms. The van der Waals surface area contributed by atoms with Crippen LogP contribution in [0.4, 0.5) is 8.78 Å². The van der Waals surface area contributed by atoms with E-state index in [0.29, 0.717) is 18.4 Å². The number of benzene rings is 2. The highest BCUT2D eigenvalue weighted by molar-refractivity contribution is 6.30. The van der Waals surface area contributed by atoms with E-state index in [9.17, 15) is 8.78 Å². The number of rotatable bonds is 4. The van der Waals surface area contributed by atoms with Gasteiger partial charge >= 0.3 is 0 Å². The number of aryl methyl sites for hydroxylation is 1. The smallest absolute Gasteiger partial charge is 0.145 e. The Labute approximate surface area is 122 Å². The third kappa shape index (κ3) is 3.56. The lowest BCUT2D eigenvalue weighted by molar-refractivity contribution is 0.581. The minimum absolute atomic E-state index is 0.0941. The lowest BCUT2D eigenvalue weighted by atomic mass is 9.96. The Morgan fingerprint density at radius 3 is 2.55 bits per heavy atom. The van der Waals surface area contributed by atoms with Crippen LogP contribution in [0.3, 0.4) is 0 Å². The van der Waals surface area contributed by atoms with Gasteiger partial charge in [0.25, 0.3) is 0 Å². The van der Waals surface area contributed by atoms with Crippen LogP contribution in [-0.2, 0) is 12.8 Å². The highest BCUT2D eigenvalue weighted by Crippen LogP contribution is 2.20. The van der Waals surface area contributed by atoms with Crippen molar-refractivity contribution in [2.45, 2.75) is 25.8 Å². The number of hydrogen-bond acceptors (Lipinski definition) is 1. The number of hydrogen-bond donors (Lipinski definition) is 1. The fourth-order valence-electron chi connectivity index (χ4n) is 2.20. The lowest BCUT2D eigenvalue weighted by Crippen LogP contribution is -2.26. The van der Waals surface area contributed by atoms with Crippen LogP contribution in [0.5, 0.6) is 0 Å². The molecule has 0 heterocycles. The summed E-state index contributed by atoms with van der Waals surface area (Å²) in [5.74, 6) is -0.715. The van der Waals surface area contributed by atoms with Crippen molar-refractivity contribution < 1.29 is 8.78 Å². The standard InChI is InChI=1S/C16H16ClF2N/c1-10-5-6-13(18)7-12(10)9-14(20)8-11-3-2-4-15(17)16(11)19/h2-7,14H,8-9,20H2,1H3. The maximum Gasteiger partial charge on any atom is 0.145 e. The van der Waals surface area contributed by atoms with Gasteiger partial charge in [-0.05, 0) is 54.7 Å². The summed E-state index contributed by atoms with van der Waals surface area (Å²) in [5, 5.41) is 0.0941. The van der Waals surface area contributed by atoms with Gasteiger partial charge in [-0.3, -0.25) is 0 Å². The minimum Gasteiger partial charge on any atom is -0.327 e. The Hall–Kier alpha value is -1.45. The van der Waals surface area contributed by atoms with Crippen LogP contribution in [0.2, 0.25) is 5.02 Å². The third-order valence-corrected chi connectivity index (χ3v) is 3.60. The molecule has 2 aromatic rings. The summed E-state index contributed by atoms with van der Waals surface area (Å²) in [6, 6.07) is 9.19. The van der Waals surface area contributed by atoms with Crippen LogP contribution in [0.15, 0.2) is 36.4 Å². The first-order valence-corrected chi connectivity index (χ1v) is 6.78. The maximum atomic E-state index is 13.8. The van der Waals surface area contributed by atoms with Gasteiger partial charge in [-0.2, -0.15) is 0 Å². The molecule has 0 fully saturated rings. The average molecular weight is 296 g/mol. The molecule has 0 aromatic heterocycles. The molecule has 20 heavy (non-hydrogen) atoms. The Bertz CT molecular complexity index is 609. The summed E-state index contributed by atoms with van der Waals surface area (Å²) in [7, 11) is 0. The third-order valence-electron chi connectivity index (χ3n) is 3.31. The summed E-state index contributed by atoms with van der Waals surface area (Å²) < 4.78 is 27.0. The predicted molar refractivity (Wildman–Crippen MR) is 77.9 cm³/mol. The van der Waals surface area contributed by atoms with Crippen molar-refractivity contribution >= 4 is 11.6 Å². The molecule has 4 heteroatoms. The molecule has 106 valence electrons. The summed E-state index contributed by atoms with van der Waals surface area (Å²) in [6.45, 7) is 1.90. The fraction of sp³-hybridized carbons (Fsp3) is 0.250. The van der Waals surface area contributed by atoms with Crippen molar-refractivity contribution in [3.63, 3.8) is 0 Å². The molecule has 0 aliphatic carbocycles. The van der Waals surface area contributed by atoms with Gasteiger partial charge in [0.1, 0.15) is 11.6 Å². The van der Waals surface area contributed by atoms with Crippen molar-refractivity contribution in [3.05, 3.63) is 69.7 Å².